The van der Waals surface area contributed by atoms with Crippen LogP contribution in [0, 0.1) is 0 Å². The molecule has 0 atom stereocenters. The van der Waals surface area contributed by atoms with Crippen LogP contribution in [-0.4, -0.2) is 33.8 Å². The number of aliphatic imine (C=N–C) groups is 1. The number of aryl methyl sites for hydroxylation is 1. The molecular formula is C14H25IN6. The number of guanidine groups is 1. The second kappa shape index (κ2) is 9.75. The van der Waals surface area contributed by atoms with E-state index in [1.807, 2.05) is 13.0 Å². The minimum atomic E-state index is 0. The van der Waals surface area contributed by atoms with Crippen molar-refractivity contribution in [2.75, 3.05) is 13.1 Å². The van der Waals surface area contributed by atoms with E-state index < -0.39 is 0 Å². The van der Waals surface area contributed by atoms with Crippen LogP contribution in [0.3, 0.4) is 0 Å². The first kappa shape index (κ1) is 17.9. The third kappa shape index (κ3) is 5.29. The highest BCUT2D eigenvalue weighted by atomic mass is 127. The van der Waals surface area contributed by atoms with E-state index in [4.69, 9.17) is 0 Å². The quantitative estimate of drug-likeness (QED) is 0.340. The summed E-state index contributed by atoms with van der Waals surface area (Å²) in [6.07, 6.45) is 6.54. The summed E-state index contributed by atoms with van der Waals surface area (Å²) in [6, 6.07) is 0. The zero-order valence-corrected chi connectivity index (χ0v) is 15.0. The molecule has 0 radical (unpaired) electrons. The molecule has 2 rings (SSSR count). The van der Waals surface area contributed by atoms with Gasteiger partial charge in [-0.1, -0.05) is 12.5 Å². The Bertz CT molecular complexity index is 468. The lowest BCUT2D eigenvalue weighted by Crippen LogP contribution is -2.37. The summed E-state index contributed by atoms with van der Waals surface area (Å²) < 4.78 is 2.23. The van der Waals surface area contributed by atoms with Gasteiger partial charge in [-0.3, -0.25) is 0 Å². The third-order valence-electron chi connectivity index (χ3n) is 3.32. The van der Waals surface area contributed by atoms with Gasteiger partial charge in [0.25, 0.3) is 0 Å². The molecule has 0 aliphatic carbocycles. The number of nitrogens with one attached hydrogen (secondary N) is 2. The van der Waals surface area contributed by atoms with Gasteiger partial charge in [0.05, 0.1) is 0 Å². The van der Waals surface area contributed by atoms with Crippen molar-refractivity contribution < 1.29 is 0 Å². The molecule has 6 nitrogen and oxygen atoms in total. The lowest BCUT2D eigenvalue weighted by Gasteiger charge is -2.10. The summed E-state index contributed by atoms with van der Waals surface area (Å²) in [7, 11) is 0. The Kier molecular flexibility index (Phi) is 8.33. The van der Waals surface area contributed by atoms with Gasteiger partial charge in [-0.15, -0.1) is 40.8 Å². The number of nitrogens with zero attached hydrogens (tertiary/aromatic N) is 4. The molecule has 0 unspecified atom stereocenters. The molecule has 0 saturated heterocycles. The molecule has 0 aromatic carbocycles. The van der Waals surface area contributed by atoms with Crippen molar-refractivity contribution >= 4 is 29.9 Å². The molecule has 1 aliphatic heterocycles. The van der Waals surface area contributed by atoms with Crippen LogP contribution in [0.25, 0.3) is 0 Å². The lowest BCUT2D eigenvalue weighted by atomic mass is 10.2. The van der Waals surface area contributed by atoms with Crippen molar-refractivity contribution in [3.63, 3.8) is 0 Å². The smallest absolute Gasteiger partial charge is 0.191 e. The molecule has 118 valence electrons. The maximum absolute atomic E-state index is 4.56. The van der Waals surface area contributed by atoms with Crippen LogP contribution in [0.15, 0.2) is 17.6 Å². The van der Waals surface area contributed by atoms with E-state index in [0.29, 0.717) is 13.1 Å². The van der Waals surface area contributed by atoms with Crippen LogP contribution in [0.4, 0.5) is 0 Å². The highest BCUT2D eigenvalue weighted by Crippen LogP contribution is 2.14. The van der Waals surface area contributed by atoms with Crippen LogP contribution < -0.4 is 10.6 Å². The number of rotatable bonds is 5. The standard InChI is InChI=1S/C14H24N6.HI/c1-3-9-16-14(15-4-2)17-11-13-19-18-12-8-6-5-7-10-20(12)13;/h3H,1,4-11H2,2H3,(H2,15,16,17);1H. The predicted molar refractivity (Wildman–Crippen MR) is 96.0 cm³/mol. The summed E-state index contributed by atoms with van der Waals surface area (Å²) in [5, 5.41) is 15.0. The number of fused-ring (bicyclic) bond motifs is 1. The second-order valence-electron chi connectivity index (χ2n) is 4.86. The van der Waals surface area contributed by atoms with E-state index in [1.54, 1.807) is 0 Å². The van der Waals surface area contributed by atoms with Gasteiger partial charge in [0.1, 0.15) is 12.4 Å². The number of aromatic nitrogens is 3. The fraction of sp³-hybridized carbons (Fsp3) is 0.643. The van der Waals surface area contributed by atoms with Gasteiger partial charge in [-0.2, -0.15) is 0 Å². The SMILES string of the molecule is C=CCNC(=NCc1nnc2n1CCCCC2)NCC.I. The molecule has 1 aromatic rings. The van der Waals surface area contributed by atoms with E-state index in [1.165, 1.54) is 19.3 Å². The first-order valence-corrected chi connectivity index (χ1v) is 7.39. The number of hydrogen-bond acceptors (Lipinski definition) is 3. The van der Waals surface area contributed by atoms with Gasteiger partial charge in [0.2, 0.25) is 0 Å². The Morgan fingerprint density at radius 2 is 2.19 bits per heavy atom. The van der Waals surface area contributed by atoms with Gasteiger partial charge >= 0.3 is 0 Å². The summed E-state index contributed by atoms with van der Waals surface area (Å²) in [5.74, 6) is 2.85. The molecule has 0 saturated carbocycles. The van der Waals surface area contributed by atoms with E-state index in [2.05, 4.69) is 37.0 Å². The normalized spacial score (nSPS) is 14.6. The average molecular weight is 404 g/mol. The zero-order chi connectivity index (χ0) is 14.2. The van der Waals surface area contributed by atoms with Gasteiger partial charge < -0.3 is 15.2 Å². The van der Waals surface area contributed by atoms with Gasteiger partial charge in [-0.25, -0.2) is 4.99 Å². The van der Waals surface area contributed by atoms with Crippen LogP contribution >= 0.6 is 24.0 Å². The summed E-state index contributed by atoms with van der Waals surface area (Å²) in [6.45, 7) is 8.85. The van der Waals surface area contributed by atoms with Crippen molar-refractivity contribution in [1.82, 2.24) is 25.4 Å². The highest BCUT2D eigenvalue weighted by molar-refractivity contribution is 14.0. The number of hydrogen-bond donors (Lipinski definition) is 2. The van der Waals surface area contributed by atoms with Crippen LogP contribution in [0.2, 0.25) is 0 Å². The Hall–Kier alpha value is -1.12. The first-order chi connectivity index (χ1) is 9.85. The minimum Gasteiger partial charge on any atom is -0.357 e. The van der Waals surface area contributed by atoms with Crippen LogP contribution in [0.5, 0.6) is 0 Å². The summed E-state index contributed by atoms with van der Waals surface area (Å²) >= 11 is 0. The Labute approximate surface area is 143 Å². The highest BCUT2D eigenvalue weighted by Gasteiger charge is 2.14. The Balaban J connectivity index is 0.00000220. The number of halogens is 1. The molecule has 0 amide bonds. The molecule has 2 heterocycles. The molecule has 2 N–H and O–H groups in total. The fourth-order valence-corrected chi connectivity index (χ4v) is 2.32. The summed E-state index contributed by atoms with van der Waals surface area (Å²) in [4.78, 5) is 4.56. The van der Waals surface area contributed by atoms with Crippen molar-refractivity contribution in [2.24, 2.45) is 4.99 Å². The van der Waals surface area contributed by atoms with Crippen molar-refractivity contribution in [3.05, 3.63) is 24.3 Å². The molecule has 1 aliphatic rings. The van der Waals surface area contributed by atoms with Crippen LogP contribution in [-0.2, 0) is 19.5 Å². The molecule has 7 heteroatoms. The molecule has 0 spiro atoms. The van der Waals surface area contributed by atoms with E-state index in [9.17, 15) is 0 Å². The van der Waals surface area contributed by atoms with E-state index in [-0.39, 0.29) is 24.0 Å². The zero-order valence-electron chi connectivity index (χ0n) is 12.6. The maximum atomic E-state index is 4.56. The van der Waals surface area contributed by atoms with Crippen LogP contribution in [0.1, 0.15) is 37.8 Å². The Morgan fingerprint density at radius 1 is 1.33 bits per heavy atom. The fourth-order valence-electron chi connectivity index (χ4n) is 2.32. The third-order valence-corrected chi connectivity index (χ3v) is 3.32. The van der Waals surface area contributed by atoms with Crippen molar-refractivity contribution in [1.29, 1.82) is 0 Å². The molecule has 1 aromatic heterocycles. The van der Waals surface area contributed by atoms with Gasteiger partial charge in [0, 0.05) is 26.1 Å². The Morgan fingerprint density at radius 3 is 2.95 bits per heavy atom. The second-order valence-corrected chi connectivity index (χ2v) is 4.86. The molecule has 0 bridgehead atoms. The largest absolute Gasteiger partial charge is 0.357 e. The van der Waals surface area contributed by atoms with Gasteiger partial charge in [-0.05, 0) is 19.8 Å². The predicted octanol–water partition coefficient (Wildman–Crippen LogP) is 1.86. The monoisotopic (exact) mass is 404 g/mol. The molecule has 0 fully saturated rings. The summed E-state index contributed by atoms with van der Waals surface area (Å²) in [5.41, 5.74) is 0. The molecule has 21 heavy (non-hydrogen) atoms. The van der Waals surface area contributed by atoms with Gasteiger partial charge in [0.15, 0.2) is 11.8 Å². The molecular weight excluding hydrogens is 379 g/mol. The topological polar surface area (TPSA) is 67.1 Å². The lowest BCUT2D eigenvalue weighted by molar-refractivity contribution is 0.605. The van der Waals surface area contributed by atoms with Crippen molar-refractivity contribution in [3.8, 4) is 0 Å². The van der Waals surface area contributed by atoms with Crippen molar-refractivity contribution in [2.45, 2.75) is 45.7 Å². The minimum absolute atomic E-state index is 0. The average Bonchev–Trinajstić information content (AvgIpc) is 2.69. The van der Waals surface area contributed by atoms with E-state index in [0.717, 1.165) is 37.1 Å². The first-order valence-electron chi connectivity index (χ1n) is 7.39. The maximum Gasteiger partial charge on any atom is 0.191 e. The van der Waals surface area contributed by atoms with E-state index >= 15 is 0 Å².